The standard InChI is InChI=1S/C21H23N3O7/c1-21(2,3)30-20(29)22-15(19(28)31-24-17(26)8-9-18(24)27)10-13-11-23(12-25)16-7-5-4-6-14(13)16/h4-7,11-12,15H,8-10H2,1-3H3,(H,22,29)/t15-/m0/s1. The van der Waals surface area contributed by atoms with Crippen LogP contribution in [0.15, 0.2) is 30.5 Å². The van der Waals surface area contributed by atoms with Crippen LogP contribution >= 0.6 is 0 Å². The maximum atomic E-state index is 12.8. The summed E-state index contributed by atoms with van der Waals surface area (Å²) in [6.45, 7) is 5.00. The zero-order valence-corrected chi connectivity index (χ0v) is 17.4. The topological polar surface area (TPSA) is 124 Å². The average Bonchev–Trinajstić information content (AvgIpc) is 3.20. The highest BCUT2D eigenvalue weighted by Gasteiger charge is 2.36. The highest BCUT2D eigenvalue weighted by molar-refractivity contribution is 6.02. The van der Waals surface area contributed by atoms with E-state index < -0.39 is 35.5 Å². The van der Waals surface area contributed by atoms with Crippen molar-refractivity contribution >= 4 is 41.2 Å². The normalized spacial score (nSPS) is 15.1. The Hall–Kier alpha value is -3.69. The molecule has 1 saturated heterocycles. The summed E-state index contributed by atoms with van der Waals surface area (Å²) in [6, 6.07) is 5.78. The van der Waals surface area contributed by atoms with Gasteiger partial charge >= 0.3 is 12.1 Å². The molecular weight excluding hydrogens is 406 g/mol. The molecule has 0 radical (unpaired) electrons. The molecule has 0 saturated carbocycles. The molecule has 0 bridgehead atoms. The van der Waals surface area contributed by atoms with Gasteiger partial charge in [-0.1, -0.05) is 18.2 Å². The number of carbonyl (C=O) groups is 5. The maximum Gasteiger partial charge on any atom is 0.408 e. The largest absolute Gasteiger partial charge is 0.444 e. The number of hydrogen-bond acceptors (Lipinski definition) is 7. The summed E-state index contributed by atoms with van der Waals surface area (Å²) in [5.74, 6) is -2.27. The van der Waals surface area contributed by atoms with E-state index >= 15 is 0 Å². The van der Waals surface area contributed by atoms with Gasteiger partial charge in [-0.15, -0.1) is 5.06 Å². The maximum absolute atomic E-state index is 12.8. The quantitative estimate of drug-likeness (QED) is 0.548. The number of benzene rings is 1. The van der Waals surface area contributed by atoms with E-state index in [1.165, 1.54) is 4.57 Å². The van der Waals surface area contributed by atoms with Gasteiger partial charge in [0.05, 0.1) is 5.52 Å². The third-order valence-corrected chi connectivity index (χ3v) is 4.52. The minimum Gasteiger partial charge on any atom is -0.444 e. The van der Waals surface area contributed by atoms with Crippen LogP contribution in [0.4, 0.5) is 4.79 Å². The Labute approximate surface area is 178 Å². The number of imide groups is 1. The fourth-order valence-corrected chi connectivity index (χ4v) is 3.20. The van der Waals surface area contributed by atoms with Crippen molar-refractivity contribution < 1.29 is 33.5 Å². The second kappa shape index (κ2) is 8.58. The molecular formula is C21H23N3O7. The third-order valence-electron chi connectivity index (χ3n) is 4.52. The van der Waals surface area contributed by atoms with Crippen LogP contribution in [0.5, 0.6) is 0 Å². The molecule has 164 valence electrons. The number of hydroxylamine groups is 2. The molecule has 0 spiro atoms. The Morgan fingerprint density at radius 1 is 1.16 bits per heavy atom. The Morgan fingerprint density at radius 3 is 2.42 bits per heavy atom. The summed E-state index contributed by atoms with van der Waals surface area (Å²) in [5, 5.41) is 3.55. The molecule has 10 heteroatoms. The van der Waals surface area contributed by atoms with Gasteiger partial charge in [-0.3, -0.25) is 19.0 Å². The van der Waals surface area contributed by atoms with E-state index in [2.05, 4.69) is 5.32 Å². The molecule has 10 nitrogen and oxygen atoms in total. The zero-order valence-electron chi connectivity index (χ0n) is 17.4. The number of nitrogens with zero attached hydrogens (tertiary/aromatic N) is 2. The molecule has 1 N–H and O–H groups in total. The lowest BCUT2D eigenvalue weighted by Crippen LogP contribution is -2.48. The van der Waals surface area contributed by atoms with Crippen molar-refractivity contribution in [1.82, 2.24) is 14.9 Å². The van der Waals surface area contributed by atoms with Crippen LogP contribution < -0.4 is 5.32 Å². The van der Waals surface area contributed by atoms with Gasteiger partial charge < -0.3 is 14.9 Å². The molecule has 2 heterocycles. The van der Waals surface area contributed by atoms with Gasteiger partial charge in [0.2, 0.25) is 6.41 Å². The van der Waals surface area contributed by atoms with Crippen molar-refractivity contribution in [3.63, 3.8) is 0 Å². The van der Waals surface area contributed by atoms with Gasteiger partial charge in [-0.2, -0.15) is 0 Å². The molecule has 0 aliphatic carbocycles. The summed E-state index contributed by atoms with van der Waals surface area (Å²) < 4.78 is 6.57. The second-order valence-electron chi connectivity index (χ2n) is 8.08. The number of nitrogens with one attached hydrogen (secondary N) is 1. The summed E-state index contributed by atoms with van der Waals surface area (Å²) >= 11 is 0. The van der Waals surface area contributed by atoms with Crippen molar-refractivity contribution in [2.75, 3.05) is 0 Å². The van der Waals surface area contributed by atoms with Gasteiger partial charge in [-0.05, 0) is 32.4 Å². The first-order valence-electron chi connectivity index (χ1n) is 9.70. The number of aromatic nitrogens is 1. The Morgan fingerprint density at radius 2 is 1.81 bits per heavy atom. The highest BCUT2D eigenvalue weighted by Crippen LogP contribution is 2.22. The van der Waals surface area contributed by atoms with Crippen LogP contribution in [0.3, 0.4) is 0 Å². The molecule has 1 aliphatic rings. The second-order valence-corrected chi connectivity index (χ2v) is 8.08. The van der Waals surface area contributed by atoms with Gasteiger partial charge in [0.15, 0.2) is 0 Å². The zero-order chi connectivity index (χ0) is 22.8. The smallest absolute Gasteiger partial charge is 0.408 e. The first kappa shape index (κ1) is 22.0. The van der Waals surface area contributed by atoms with Crippen LogP contribution in [0, 0.1) is 0 Å². The first-order valence-corrected chi connectivity index (χ1v) is 9.70. The SMILES string of the molecule is CC(C)(C)OC(=O)N[C@@H](Cc1cn(C=O)c2ccccc12)C(=O)ON1C(=O)CCC1=O. The lowest BCUT2D eigenvalue weighted by atomic mass is 10.1. The van der Waals surface area contributed by atoms with Crippen LogP contribution in [0.25, 0.3) is 10.9 Å². The van der Waals surface area contributed by atoms with Crippen molar-refractivity contribution in [2.45, 2.75) is 51.7 Å². The number of para-hydroxylation sites is 1. The molecule has 31 heavy (non-hydrogen) atoms. The lowest BCUT2D eigenvalue weighted by Gasteiger charge is -2.23. The molecule has 1 fully saturated rings. The molecule has 2 aromatic rings. The van der Waals surface area contributed by atoms with Crippen molar-refractivity contribution in [3.05, 3.63) is 36.0 Å². The van der Waals surface area contributed by atoms with Gasteiger partial charge in [0, 0.05) is 30.8 Å². The molecule has 3 amide bonds. The van der Waals surface area contributed by atoms with Crippen molar-refractivity contribution in [3.8, 4) is 0 Å². The Bertz CT molecular complexity index is 1030. The molecule has 0 unspecified atom stereocenters. The van der Waals surface area contributed by atoms with E-state index in [0.29, 0.717) is 27.9 Å². The van der Waals surface area contributed by atoms with E-state index in [-0.39, 0.29) is 19.3 Å². The molecule has 1 atom stereocenters. The summed E-state index contributed by atoms with van der Waals surface area (Å²) in [7, 11) is 0. The molecule has 1 aromatic carbocycles. The Kier molecular flexibility index (Phi) is 6.09. The van der Waals surface area contributed by atoms with Crippen LogP contribution in [0.1, 0.15) is 39.2 Å². The summed E-state index contributed by atoms with van der Waals surface area (Å²) in [5.41, 5.74) is 0.397. The first-order chi connectivity index (χ1) is 14.6. The monoisotopic (exact) mass is 429 g/mol. The van der Waals surface area contributed by atoms with E-state index in [1.54, 1.807) is 51.2 Å². The molecule has 3 rings (SSSR count). The van der Waals surface area contributed by atoms with Crippen LogP contribution in [-0.2, 0) is 35.2 Å². The van der Waals surface area contributed by atoms with E-state index in [9.17, 15) is 24.0 Å². The minimum absolute atomic E-state index is 0.0525. The third kappa shape index (κ3) is 5.08. The van der Waals surface area contributed by atoms with Crippen LogP contribution in [-0.4, -0.2) is 51.6 Å². The van der Waals surface area contributed by atoms with E-state index in [0.717, 1.165) is 0 Å². The minimum atomic E-state index is -1.28. The fraction of sp³-hybridized carbons (Fsp3) is 0.381. The fourth-order valence-electron chi connectivity index (χ4n) is 3.20. The molecule has 1 aromatic heterocycles. The number of alkyl carbamates (subject to hydrolysis) is 1. The van der Waals surface area contributed by atoms with Crippen LogP contribution in [0.2, 0.25) is 0 Å². The average molecular weight is 429 g/mol. The number of carbonyl (C=O) groups excluding carboxylic acids is 5. The van der Waals surface area contributed by atoms with Gasteiger partial charge in [0.1, 0.15) is 11.6 Å². The molecule has 1 aliphatic heterocycles. The highest BCUT2D eigenvalue weighted by atomic mass is 16.7. The number of rotatable bonds is 6. The number of fused-ring (bicyclic) bond motifs is 1. The van der Waals surface area contributed by atoms with Crippen molar-refractivity contribution in [2.24, 2.45) is 0 Å². The number of ether oxygens (including phenoxy) is 1. The van der Waals surface area contributed by atoms with Gasteiger partial charge in [0.25, 0.3) is 11.8 Å². The lowest BCUT2D eigenvalue weighted by molar-refractivity contribution is -0.198. The van der Waals surface area contributed by atoms with E-state index in [4.69, 9.17) is 9.57 Å². The van der Waals surface area contributed by atoms with Crippen molar-refractivity contribution in [1.29, 1.82) is 0 Å². The summed E-state index contributed by atoms with van der Waals surface area (Å²) in [4.78, 5) is 65.1. The summed E-state index contributed by atoms with van der Waals surface area (Å²) in [6.07, 6.45) is 1.14. The van der Waals surface area contributed by atoms with E-state index in [1.807, 2.05) is 0 Å². The van der Waals surface area contributed by atoms with Gasteiger partial charge in [-0.25, -0.2) is 9.59 Å². The Balaban J connectivity index is 1.87. The predicted molar refractivity (Wildman–Crippen MR) is 108 cm³/mol. The predicted octanol–water partition coefficient (Wildman–Crippen LogP) is 1.72. The number of amides is 3. The number of hydrogen-bond donors (Lipinski definition) is 1.